The van der Waals surface area contributed by atoms with Crippen LogP contribution in [0.5, 0.6) is 23.0 Å². The van der Waals surface area contributed by atoms with Crippen molar-refractivity contribution in [3.63, 3.8) is 0 Å². The Kier molecular flexibility index (Phi) is 4.40. The number of hydrogen-bond donors (Lipinski definition) is 0. The standard InChI is InChI=1S/C14H12Cl2O3/c1-17-13-5-3-9(7-11(13)15)19-10-4-6-14(18-2)12(16)8-10/h3-8H,1-2H3. The van der Waals surface area contributed by atoms with Crippen molar-refractivity contribution in [1.29, 1.82) is 0 Å². The normalized spacial score (nSPS) is 10.1. The fourth-order valence-corrected chi connectivity index (χ4v) is 2.05. The first kappa shape index (κ1) is 13.8. The van der Waals surface area contributed by atoms with Gasteiger partial charge in [-0.2, -0.15) is 0 Å². The second-order valence-corrected chi connectivity index (χ2v) is 4.51. The molecule has 0 saturated carbocycles. The molecule has 2 aromatic carbocycles. The number of hydrogen-bond acceptors (Lipinski definition) is 3. The van der Waals surface area contributed by atoms with Gasteiger partial charge >= 0.3 is 0 Å². The molecule has 0 radical (unpaired) electrons. The molecule has 0 N–H and O–H groups in total. The second-order valence-electron chi connectivity index (χ2n) is 3.69. The second kappa shape index (κ2) is 6.04. The smallest absolute Gasteiger partial charge is 0.137 e. The number of benzene rings is 2. The lowest BCUT2D eigenvalue weighted by Crippen LogP contribution is -1.88. The van der Waals surface area contributed by atoms with Gasteiger partial charge < -0.3 is 14.2 Å². The zero-order chi connectivity index (χ0) is 13.8. The lowest BCUT2D eigenvalue weighted by atomic mass is 10.3. The van der Waals surface area contributed by atoms with Crippen molar-refractivity contribution in [2.24, 2.45) is 0 Å². The molecule has 0 aliphatic carbocycles. The van der Waals surface area contributed by atoms with Crippen LogP contribution in [-0.4, -0.2) is 14.2 Å². The van der Waals surface area contributed by atoms with E-state index in [2.05, 4.69) is 0 Å². The molecule has 0 bridgehead atoms. The summed E-state index contributed by atoms with van der Waals surface area (Å²) >= 11 is 12.0. The molecule has 0 atom stereocenters. The molecule has 0 heterocycles. The Morgan fingerprint density at radius 3 is 1.47 bits per heavy atom. The molecule has 0 amide bonds. The van der Waals surface area contributed by atoms with E-state index < -0.39 is 0 Å². The van der Waals surface area contributed by atoms with E-state index in [4.69, 9.17) is 37.4 Å². The maximum atomic E-state index is 6.02. The van der Waals surface area contributed by atoms with Crippen molar-refractivity contribution in [2.75, 3.05) is 14.2 Å². The fourth-order valence-electron chi connectivity index (χ4n) is 1.56. The van der Waals surface area contributed by atoms with Crippen LogP contribution in [0.4, 0.5) is 0 Å². The average molecular weight is 299 g/mol. The molecule has 0 saturated heterocycles. The summed E-state index contributed by atoms with van der Waals surface area (Å²) in [6, 6.07) is 10.4. The SMILES string of the molecule is COc1ccc(Oc2ccc(OC)c(Cl)c2)cc1Cl. The predicted molar refractivity (Wildman–Crippen MR) is 76.1 cm³/mol. The van der Waals surface area contributed by atoms with E-state index in [9.17, 15) is 0 Å². The monoisotopic (exact) mass is 298 g/mol. The predicted octanol–water partition coefficient (Wildman–Crippen LogP) is 4.80. The summed E-state index contributed by atoms with van der Waals surface area (Å²) in [6.07, 6.45) is 0. The quantitative estimate of drug-likeness (QED) is 0.811. The molecule has 0 aliphatic rings. The third-order valence-corrected chi connectivity index (χ3v) is 3.07. The molecule has 0 fully saturated rings. The molecule has 0 aromatic heterocycles. The van der Waals surface area contributed by atoms with Crippen LogP contribution >= 0.6 is 23.2 Å². The highest BCUT2D eigenvalue weighted by molar-refractivity contribution is 6.32. The van der Waals surface area contributed by atoms with Crippen molar-refractivity contribution in [3.05, 3.63) is 46.4 Å². The van der Waals surface area contributed by atoms with Gasteiger partial charge in [0.1, 0.15) is 23.0 Å². The van der Waals surface area contributed by atoms with Crippen LogP contribution in [0, 0.1) is 0 Å². The Morgan fingerprint density at radius 2 is 1.16 bits per heavy atom. The Hall–Kier alpha value is -1.58. The average Bonchev–Trinajstić information content (AvgIpc) is 2.39. The number of rotatable bonds is 4. The summed E-state index contributed by atoms with van der Waals surface area (Å²) in [6.45, 7) is 0. The van der Waals surface area contributed by atoms with E-state index in [-0.39, 0.29) is 0 Å². The van der Waals surface area contributed by atoms with Gasteiger partial charge in [0, 0.05) is 12.1 Å². The van der Waals surface area contributed by atoms with Crippen LogP contribution < -0.4 is 14.2 Å². The molecular weight excluding hydrogens is 287 g/mol. The maximum Gasteiger partial charge on any atom is 0.137 e. The fraction of sp³-hybridized carbons (Fsp3) is 0.143. The van der Waals surface area contributed by atoms with Crippen molar-refractivity contribution >= 4 is 23.2 Å². The zero-order valence-corrected chi connectivity index (χ0v) is 12.0. The minimum absolute atomic E-state index is 0.486. The summed E-state index contributed by atoms with van der Waals surface area (Å²) < 4.78 is 15.8. The van der Waals surface area contributed by atoms with Crippen LogP contribution in [0.1, 0.15) is 0 Å². The first-order valence-electron chi connectivity index (χ1n) is 5.49. The summed E-state index contributed by atoms with van der Waals surface area (Å²) in [5.74, 6) is 2.41. The number of methoxy groups -OCH3 is 2. The van der Waals surface area contributed by atoms with Gasteiger partial charge in [-0.1, -0.05) is 23.2 Å². The third kappa shape index (κ3) is 3.25. The van der Waals surface area contributed by atoms with Gasteiger partial charge in [0.2, 0.25) is 0 Å². The molecule has 3 nitrogen and oxygen atoms in total. The van der Waals surface area contributed by atoms with Gasteiger partial charge in [0.15, 0.2) is 0 Å². The molecule has 5 heteroatoms. The Bertz CT molecular complexity index is 533. The minimum atomic E-state index is 0.486. The maximum absolute atomic E-state index is 6.02. The summed E-state index contributed by atoms with van der Waals surface area (Å²) in [5.41, 5.74) is 0. The van der Waals surface area contributed by atoms with E-state index >= 15 is 0 Å². The van der Waals surface area contributed by atoms with Crippen LogP contribution in [0.15, 0.2) is 36.4 Å². The topological polar surface area (TPSA) is 27.7 Å². The van der Waals surface area contributed by atoms with Gasteiger partial charge in [-0.25, -0.2) is 0 Å². The van der Waals surface area contributed by atoms with Crippen LogP contribution in [0.2, 0.25) is 10.0 Å². The summed E-state index contributed by atoms with van der Waals surface area (Å²) in [5, 5.41) is 0.971. The molecular formula is C14H12Cl2O3. The molecule has 2 aromatic rings. The molecule has 0 unspecified atom stereocenters. The molecule has 0 spiro atoms. The Morgan fingerprint density at radius 1 is 0.737 bits per heavy atom. The first-order chi connectivity index (χ1) is 9.13. The highest BCUT2D eigenvalue weighted by Crippen LogP contribution is 2.34. The molecule has 19 heavy (non-hydrogen) atoms. The van der Waals surface area contributed by atoms with Gasteiger partial charge in [-0.15, -0.1) is 0 Å². The van der Waals surface area contributed by atoms with Crippen LogP contribution in [-0.2, 0) is 0 Å². The minimum Gasteiger partial charge on any atom is -0.495 e. The van der Waals surface area contributed by atoms with Gasteiger partial charge in [0.05, 0.1) is 24.3 Å². The Balaban J connectivity index is 2.21. The summed E-state index contributed by atoms with van der Waals surface area (Å²) in [7, 11) is 3.12. The number of ether oxygens (including phenoxy) is 3. The van der Waals surface area contributed by atoms with Crippen molar-refractivity contribution in [1.82, 2.24) is 0 Å². The van der Waals surface area contributed by atoms with E-state index in [1.165, 1.54) is 0 Å². The first-order valence-corrected chi connectivity index (χ1v) is 6.24. The van der Waals surface area contributed by atoms with Gasteiger partial charge in [0.25, 0.3) is 0 Å². The third-order valence-electron chi connectivity index (χ3n) is 2.48. The van der Waals surface area contributed by atoms with Gasteiger partial charge in [-0.3, -0.25) is 0 Å². The lowest BCUT2D eigenvalue weighted by Gasteiger charge is -2.09. The van der Waals surface area contributed by atoms with E-state index in [1.807, 2.05) is 0 Å². The van der Waals surface area contributed by atoms with Crippen LogP contribution in [0.25, 0.3) is 0 Å². The molecule has 0 aliphatic heterocycles. The number of halogens is 2. The van der Waals surface area contributed by atoms with E-state index in [0.717, 1.165) is 0 Å². The summed E-state index contributed by atoms with van der Waals surface area (Å²) in [4.78, 5) is 0. The lowest BCUT2D eigenvalue weighted by molar-refractivity contribution is 0.411. The molecule has 100 valence electrons. The Labute approximate surface area is 121 Å². The van der Waals surface area contributed by atoms with E-state index in [0.29, 0.717) is 33.0 Å². The van der Waals surface area contributed by atoms with Gasteiger partial charge in [-0.05, 0) is 24.3 Å². The largest absolute Gasteiger partial charge is 0.495 e. The highest BCUT2D eigenvalue weighted by Gasteiger charge is 2.06. The van der Waals surface area contributed by atoms with Crippen LogP contribution in [0.3, 0.4) is 0 Å². The van der Waals surface area contributed by atoms with E-state index in [1.54, 1.807) is 50.6 Å². The zero-order valence-electron chi connectivity index (χ0n) is 10.4. The van der Waals surface area contributed by atoms with Crippen molar-refractivity contribution < 1.29 is 14.2 Å². The van der Waals surface area contributed by atoms with Crippen molar-refractivity contribution in [3.8, 4) is 23.0 Å². The van der Waals surface area contributed by atoms with Crippen molar-refractivity contribution in [2.45, 2.75) is 0 Å². The highest BCUT2D eigenvalue weighted by atomic mass is 35.5. The molecule has 2 rings (SSSR count).